The molecule has 90 valence electrons. The highest BCUT2D eigenvalue weighted by Crippen LogP contribution is 2.09. The molecule has 0 N–H and O–H groups in total. The van der Waals surface area contributed by atoms with E-state index in [9.17, 15) is 4.79 Å². The fourth-order valence-electron chi connectivity index (χ4n) is 1.22. The molecule has 4 heteroatoms. The second-order valence-electron chi connectivity index (χ2n) is 4.05. The average Bonchev–Trinajstić information content (AvgIpc) is 2.19. The Morgan fingerprint density at radius 1 is 1.33 bits per heavy atom. The highest BCUT2D eigenvalue weighted by atomic mass is 33.1. The molecule has 0 radical (unpaired) electrons. The van der Waals surface area contributed by atoms with E-state index in [2.05, 4.69) is 25.5 Å². The number of unbranched alkanes of at least 4 members (excludes halogenated alkanes) is 2. The van der Waals surface area contributed by atoms with Crippen LogP contribution in [0.15, 0.2) is 0 Å². The molecule has 0 aliphatic rings. The van der Waals surface area contributed by atoms with Gasteiger partial charge in [-0.05, 0) is 12.3 Å². The van der Waals surface area contributed by atoms with Crippen LogP contribution in [0.4, 0.5) is 0 Å². The molecule has 0 saturated heterocycles. The second-order valence-corrected chi connectivity index (χ2v) is 5.49. The van der Waals surface area contributed by atoms with Crippen LogP contribution in [-0.4, -0.2) is 18.3 Å². The lowest BCUT2D eigenvalue weighted by molar-refractivity contribution is -0.143. The minimum Gasteiger partial charge on any atom is -0.466 e. The summed E-state index contributed by atoms with van der Waals surface area (Å²) >= 11 is 3.96. The van der Waals surface area contributed by atoms with Crippen molar-refractivity contribution < 1.29 is 9.53 Å². The summed E-state index contributed by atoms with van der Waals surface area (Å²) in [5.41, 5.74) is 0. The van der Waals surface area contributed by atoms with Gasteiger partial charge in [-0.1, -0.05) is 43.9 Å². The van der Waals surface area contributed by atoms with Crippen LogP contribution in [0.1, 0.15) is 46.0 Å². The SMILES string of the molecule is CC(C)CCCCCOC(=O)CCSS. The first-order valence-electron chi connectivity index (χ1n) is 5.58. The van der Waals surface area contributed by atoms with Crippen LogP contribution < -0.4 is 0 Å². The van der Waals surface area contributed by atoms with Crippen LogP contribution in [0.3, 0.4) is 0 Å². The van der Waals surface area contributed by atoms with Crippen molar-refractivity contribution in [2.24, 2.45) is 5.92 Å². The van der Waals surface area contributed by atoms with Gasteiger partial charge in [-0.25, -0.2) is 0 Å². The number of carbonyl (C=O) groups excluding carboxylic acids is 1. The Balaban J connectivity index is 3.13. The molecule has 0 bridgehead atoms. The molecule has 0 spiro atoms. The molecule has 0 aliphatic heterocycles. The lowest BCUT2D eigenvalue weighted by Crippen LogP contribution is -2.06. The van der Waals surface area contributed by atoms with Crippen molar-refractivity contribution in [1.82, 2.24) is 0 Å². The van der Waals surface area contributed by atoms with Crippen molar-refractivity contribution in [2.75, 3.05) is 12.4 Å². The van der Waals surface area contributed by atoms with Gasteiger partial charge in [0.25, 0.3) is 0 Å². The van der Waals surface area contributed by atoms with E-state index in [1.54, 1.807) is 0 Å². The van der Waals surface area contributed by atoms with Gasteiger partial charge in [0.05, 0.1) is 13.0 Å². The van der Waals surface area contributed by atoms with Gasteiger partial charge in [-0.15, -0.1) is 11.7 Å². The van der Waals surface area contributed by atoms with E-state index in [1.807, 2.05) is 0 Å². The summed E-state index contributed by atoms with van der Waals surface area (Å²) in [7, 11) is 1.37. The highest BCUT2D eigenvalue weighted by Gasteiger charge is 2.01. The van der Waals surface area contributed by atoms with E-state index in [-0.39, 0.29) is 5.97 Å². The van der Waals surface area contributed by atoms with Crippen molar-refractivity contribution in [3.63, 3.8) is 0 Å². The van der Waals surface area contributed by atoms with Crippen LogP contribution in [0.2, 0.25) is 0 Å². The molecule has 2 nitrogen and oxygen atoms in total. The summed E-state index contributed by atoms with van der Waals surface area (Å²) in [6.07, 6.45) is 5.13. The monoisotopic (exact) mass is 250 g/mol. The third-order valence-electron chi connectivity index (χ3n) is 2.09. The van der Waals surface area contributed by atoms with Gasteiger partial charge in [-0.2, -0.15) is 0 Å². The Hall–Kier alpha value is 0.170. The van der Waals surface area contributed by atoms with Gasteiger partial charge in [0, 0.05) is 5.75 Å². The van der Waals surface area contributed by atoms with E-state index in [0.29, 0.717) is 13.0 Å². The lowest BCUT2D eigenvalue weighted by atomic mass is 10.1. The van der Waals surface area contributed by atoms with Crippen molar-refractivity contribution in [3.8, 4) is 0 Å². The third-order valence-corrected chi connectivity index (χ3v) is 3.02. The van der Waals surface area contributed by atoms with Gasteiger partial charge >= 0.3 is 5.97 Å². The van der Waals surface area contributed by atoms with E-state index in [0.717, 1.165) is 24.5 Å². The van der Waals surface area contributed by atoms with Gasteiger partial charge in [0.2, 0.25) is 0 Å². The summed E-state index contributed by atoms with van der Waals surface area (Å²) in [6, 6.07) is 0. The minimum absolute atomic E-state index is 0.0968. The van der Waals surface area contributed by atoms with Crippen molar-refractivity contribution in [3.05, 3.63) is 0 Å². The summed E-state index contributed by atoms with van der Waals surface area (Å²) in [5, 5.41) is 0. The van der Waals surface area contributed by atoms with Crippen LogP contribution in [-0.2, 0) is 9.53 Å². The Morgan fingerprint density at radius 2 is 2.07 bits per heavy atom. The van der Waals surface area contributed by atoms with Gasteiger partial charge in [0.15, 0.2) is 0 Å². The first-order valence-corrected chi connectivity index (χ1v) is 7.62. The maximum Gasteiger partial charge on any atom is 0.306 e. The molecule has 0 aromatic heterocycles. The molecule has 0 heterocycles. The maximum absolute atomic E-state index is 11.1. The standard InChI is InChI=1S/C11H22O2S2/c1-10(2)6-4-3-5-8-13-11(12)7-9-15-14/h10,14H,3-9H2,1-2H3. The molecule has 15 heavy (non-hydrogen) atoms. The Morgan fingerprint density at radius 3 is 2.67 bits per heavy atom. The number of esters is 1. The van der Waals surface area contributed by atoms with Gasteiger partial charge in [-0.3, -0.25) is 4.79 Å². The summed E-state index contributed by atoms with van der Waals surface area (Å²) in [6.45, 7) is 5.04. The van der Waals surface area contributed by atoms with Crippen LogP contribution in [0.25, 0.3) is 0 Å². The van der Waals surface area contributed by atoms with Crippen LogP contribution in [0, 0.1) is 5.92 Å². The van der Waals surface area contributed by atoms with Crippen molar-refractivity contribution in [2.45, 2.75) is 46.0 Å². The lowest BCUT2D eigenvalue weighted by Gasteiger charge is -2.05. The molecule has 0 unspecified atom stereocenters. The molecule has 0 aliphatic carbocycles. The molecule has 0 aromatic carbocycles. The summed E-state index contributed by atoms with van der Waals surface area (Å²) < 4.78 is 5.06. The fraction of sp³-hybridized carbons (Fsp3) is 0.909. The topological polar surface area (TPSA) is 26.3 Å². The van der Waals surface area contributed by atoms with Crippen molar-refractivity contribution >= 4 is 28.4 Å². The normalized spacial score (nSPS) is 10.7. The zero-order chi connectivity index (χ0) is 11.5. The smallest absolute Gasteiger partial charge is 0.306 e. The van der Waals surface area contributed by atoms with E-state index in [1.165, 1.54) is 23.6 Å². The first-order chi connectivity index (χ1) is 7.16. The van der Waals surface area contributed by atoms with Crippen LogP contribution in [0.5, 0.6) is 0 Å². The first kappa shape index (κ1) is 15.2. The predicted octanol–water partition coefficient (Wildman–Crippen LogP) is 3.71. The average molecular weight is 250 g/mol. The molecule has 0 fully saturated rings. The maximum atomic E-state index is 11.1. The predicted molar refractivity (Wildman–Crippen MR) is 70.3 cm³/mol. The Bertz CT molecular complexity index is 161. The molecule has 0 rings (SSSR count). The number of carbonyl (C=O) groups is 1. The number of ether oxygens (including phenoxy) is 1. The second kappa shape index (κ2) is 10.7. The van der Waals surface area contributed by atoms with E-state index in [4.69, 9.17) is 4.74 Å². The van der Waals surface area contributed by atoms with Crippen molar-refractivity contribution in [1.29, 1.82) is 0 Å². The van der Waals surface area contributed by atoms with Crippen LogP contribution >= 0.6 is 22.5 Å². The largest absolute Gasteiger partial charge is 0.466 e. The summed E-state index contributed by atoms with van der Waals surface area (Å²) in [4.78, 5) is 11.1. The zero-order valence-corrected chi connectivity index (χ0v) is 11.4. The highest BCUT2D eigenvalue weighted by molar-refractivity contribution is 8.68. The Labute approximate surface area is 102 Å². The molecule has 0 aromatic rings. The quantitative estimate of drug-likeness (QED) is 0.292. The zero-order valence-electron chi connectivity index (χ0n) is 9.70. The third kappa shape index (κ3) is 12.1. The molecular formula is C11H22O2S2. The molecule has 0 atom stereocenters. The Kier molecular flexibility index (Phi) is 10.8. The van der Waals surface area contributed by atoms with E-state index < -0.39 is 0 Å². The number of hydrogen-bond acceptors (Lipinski definition) is 4. The molecule has 0 saturated carbocycles. The number of rotatable bonds is 9. The minimum atomic E-state index is -0.0968. The summed E-state index contributed by atoms with van der Waals surface area (Å²) in [5.74, 6) is 1.41. The van der Waals surface area contributed by atoms with Gasteiger partial charge < -0.3 is 4.74 Å². The van der Waals surface area contributed by atoms with E-state index >= 15 is 0 Å². The van der Waals surface area contributed by atoms with Gasteiger partial charge in [0.1, 0.15) is 0 Å². The fourth-order valence-corrected chi connectivity index (χ4v) is 1.75. The molecule has 0 amide bonds. The molecular weight excluding hydrogens is 228 g/mol. The number of thiol groups is 1. The number of hydrogen-bond donors (Lipinski definition) is 1.